The van der Waals surface area contributed by atoms with Gasteiger partial charge < -0.3 is 5.11 Å². The Morgan fingerprint density at radius 1 is 0.913 bits per heavy atom. The third kappa shape index (κ3) is 2.48. The van der Waals surface area contributed by atoms with Crippen LogP contribution in [0.3, 0.4) is 0 Å². The van der Waals surface area contributed by atoms with Crippen molar-refractivity contribution < 1.29 is 9.90 Å². The Kier molecular flexibility index (Phi) is 3.64. The first-order valence-corrected chi connectivity index (χ1v) is 7.61. The van der Waals surface area contributed by atoms with Crippen molar-refractivity contribution in [2.75, 3.05) is 0 Å². The zero-order chi connectivity index (χ0) is 16.7. The molecule has 0 unspecified atom stereocenters. The van der Waals surface area contributed by atoms with Crippen LogP contribution in [0.5, 0.6) is 0 Å². The number of pyridine rings is 1. The second-order valence-electron chi connectivity index (χ2n) is 6.04. The predicted molar refractivity (Wildman–Crippen MR) is 93.1 cm³/mol. The number of aromatic carboxylic acids is 1. The largest absolute Gasteiger partial charge is 0.478 e. The summed E-state index contributed by atoms with van der Waals surface area (Å²) in [5.41, 5.74) is 6.80. The van der Waals surface area contributed by atoms with Gasteiger partial charge in [0.15, 0.2) is 0 Å². The summed E-state index contributed by atoms with van der Waals surface area (Å²) in [4.78, 5) is 16.7. The number of carbonyl (C=O) groups is 1. The normalized spacial score (nSPS) is 11.0. The van der Waals surface area contributed by atoms with E-state index in [0.717, 1.165) is 33.5 Å². The topological polar surface area (TPSA) is 50.2 Å². The summed E-state index contributed by atoms with van der Waals surface area (Å²) < 4.78 is 0. The third-order valence-corrected chi connectivity index (χ3v) is 4.46. The lowest BCUT2D eigenvalue weighted by Crippen LogP contribution is -2.06. The average Bonchev–Trinajstić information content (AvgIpc) is 2.51. The summed E-state index contributed by atoms with van der Waals surface area (Å²) in [7, 11) is 0. The molecule has 1 heterocycles. The Morgan fingerprint density at radius 3 is 2.17 bits per heavy atom. The first kappa shape index (κ1) is 15.2. The molecule has 3 rings (SSSR count). The molecule has 0 aliphatic carbocycles. The molecule has 1 aromatic heterocycles. The molecule has 0 spiro atoms. The number of fused-ring (bicyclic) bond motifs is 1. The van der Waals surface area contributed by atoms with Gasteiger partial charge in [-0.3, -0.25) is 0 Å². The van der Waals surface area contributed by atoms with Crippen molar-refractivity contribution in [3.8, 4) is 11.3 Å². The van der Waals surface area contributed by atoms with Crippen LogP contribution >= 0.6 is 0 Å². The smallest absolute Gasteiger partial charge is 0.336 e. The molecule has 0 fully saturated rings. The Hall–Kier alpha value is -2.68. The second kappa shape index (κ2) is 5.51. The standard InChI is InChI=1S/C20H19NO2/c1-11-5-8-15(9-6-11)18-14(4)17(20(22)23)16-10-7-12(2)13(3)19(16)21-18/h5-10H,1-4H3,(H,22,23). The summed E-state index contributed by atoms with van der Waals surface area (Å²) >= 11 is 0. The monoisotopic (exact) mass is 305 g/mol. The zero-order valence-electron chi connectivity index (χ0n) is 13.8. The SMILES string of the molecule is Cc1ccc(-c2nc3c(C)c(C)ccc3c(C(=O)O)c2C)cc1. The van der Waals surface area contributed by atoms with Gasteiger partial charge in [-0.2, -0.15) is 0 Å². The molecule has 0 saturated carbocycles. The molecule has 0 bridgehead atoms. The highest BCUT2D eigenvalue weighted by Gasteiger charge is 2.19. The van der Waals surface area contributed by atoms with Crippen LogP contribution in [0.15, 0.2) is 36.4 Å². The first-order valence-electron chi connectivity index (χ1n) is 7.61. The fraction of sp³-hybridized carbons (Fsp3) is 0.200. The van der Waals surface area contributed by atoms with Gasteiger partial charge in [0.2, 0.25) is 0 Å². The van der Waals surface area contributed by atoms with E-state index in [2.05, 4.69) is 0 Å². The Balaban J connectivity index is 2.43. The van der Waals surface area contributed by atoms with Crippen LogP contribution in [0.2, 0.25) is 0 Å². The number of nitrogens with zero attached hydrogens (tertiary/aromatic N) is 1. The van der Waals surface area contributed by atoms with Crippen LogP contribution in [-0.2, 0) is 0 Å². The van der Waals surface area contributed by atoms with E-state index in [1.165, 1.54) is 0 Å². The fourth-order valence-corrected chi connectivity index (χ4v) is 2.93. The third-order valence-electron chi connectivity index (χ3n) is 4.46. The number of rotatable bonds is 2. The number of carboxylic acid groups (broad SMARTS) is 1. The zero-order valence-corrected chi connectivity index (χ0v) is 13.8. The molecular weight excluding hydrogens is 286 g/mol. The highest BCUT2D eigenvalue weighted by Crippen LogP contribution is 2.32. The van der Waals surface area contributed by atoms with Gasteiger partial charge in [0.25, 0.3) is 0 Å². The van der Waals surface area contributed by atoms with E-state index < -0.39 is 5.97 Å². The maximum absolute atomic E-state index is 11.8. The second-order valence-corrected chi connectivity index (χ2v) is 6.04. The maximum atomic E-state index is 11.8. The average molecular weight is 305 g/mol. The van der Waals surface area contributed by atoms with Crippen molar-refractivity contribution in [1.82, 2.24) is 4.98 Å². The van der Waals surface area contributed by atoms with Crippen LogP contribution in [0, 0.1) is 27.7 Å². The van der Waals surface area contributed by atoms with Gasteiger partial charge in [-0.1, -0.05) is 42.0 Å². The summed E-state index contributed by atoms with van der Waals surface area (Å²) in [5.74, 6) is -0.911. The minimum Gasteiger partial charge on any atom is -0.478 e. The van der Waals surface area contributed by atoms with Crippen molar-refractivity contribution in [2.24, 2.45) is 0 Å². The molecule has 0 amide bonds. The lowest BCUT2D eigenvalue weighted by atomic mass is 9.95. The van der Waals surface area contributed by atoms with Crippen molar-refractivity contribution in [1.29, 1.82) is 0 Å². The van der Waals surface area contributed by atoms with Crippen LogP contribution in [-0.4, -0.2) is 16.1 Å². The molecule has 0 aliphatic rings. The van der Waals surface area contributed by atoms with E-state index in [4.69, 9.17) is 4.98 Å². The Labute approximate surface area is 135 Å². The molecule has 3 aromatic rings. The molecule has 0 atom stereocenters. The van der Waals surface area contributed by atoms with Gasteiger partial charge in [0, 0.05) is 10.9 Å². The number of hydrogen-bond donors (Lipinski definition) is 1. The molecule has 3 heteroatoms. The van der Waals surface area contributed by atoms with E-state index in [-0.39, 0.29) is 0 Å². The quantitative estimate of drug-likeness (QED) is 0.737. The molecule has 23 heavy (non-hydrogen) atoms. The molecule has 0 saturated heterocycles. The molecule has 116 valence electrons. The predicted octanol–water partition coefficient (Wildman–Crippen LogP) is 4.83. The Morgan fingerprint density at radius 2 is 1.57 bits per heavy atom. The fourth-order valence-electron chi connectivity index (χ4n) is 2.93. The van der Waals surface area contributed by atoms with E-state index in [9.17, 15) is 9.90 Å². The van der Waals surface area contributed by atoms with E-state index in [1.807, 2.05) is 64.1 Å². The van der Waals surface area contributed by atoms with Gasteiger partial charge in [-0.15, -0.1) is 0 Å². The van der Waals surface area contributed by atoms with Crippen LogP contribution in [0.25, 0.3) is 22.2 Å². The molecular formula is C20H19NO2. The van der Waals surface area contributed by atoms with Gasteiger partial charge >= 0.3 is 5.97 Å². The van der Waals surface area contributed by atoms with Crippen molar-refractivity contribution >= 4 is 16.9 Å². The van der Waals surface area contributed by atoms with Gasteiger partial charge in [0.1, 0.15) is 0 Å². The lowest BCUT2D eigenvalue weighted by Gasteiger charge is -2.14. The number of carboxylic acids is 1. The highest BCUT2D eigenvalue weighted by atomic mass is 16.4. The first-order chi connectivity index (χ1) is 10.9. The summed E-state index contributed by atoms with van der Waals surface area (Å²) in [5, 5.41) is 10.4. The van der Waals surface area contributed by atoms with Crippen LogP contribution in [0.4, 0.5) is 0 Å². The van der Waals surface area contributed by atoms with Gasteiger partial charge in [-0.05, 0) is 44.4 Å². The number of aryl methyl sites for hydroxylation is 3. The van der Waals surface area contributed by atoms with E-state index in [0.29, 0.717) is 16.5 Å². The number of aromatic nitrogens is 1. The summed E-state index contributed by atoms with van der Waals surface area (Å²) in [6, 6.07) is 11.8. The van der Waals surface area contributed by atoms with E-state index in [1.54, 1.807) is 0 Å². The lowest BCUT2D eigenvalue weighted by molar-refractivity contribution is 0.0698. The van der Waals surface area contributed by atoms with Crippen molar-refractivity contribution in [2.45, 2.75) is 27.7 Å². The van der Waals surface area contributed by atoms with Gasteiger partial charge in [-0.25, -0.2) is 9.78 Å². The highest BCUT2D eigenvalue weighted by molar-refractivity contribution is 6.06. The summed E-state index contributed by atoms with van der Waals surface area (Å²) in [6.45, 7) is 7.87. The minimum atomic E-state index is -0.911. The molecule has 1 N–H and O–H groups in total. The number of benzene rings is 2. The minimum absolute atomic E-state index is 0.341. The molecule has 0 radical (unpaired) electrons. The van der Waals surface area contributed by atoms with Gasteiger partial charge in [0.05, 0.1) is 16.8 Å². The van der Waals surface area contributed by atoms with Crippen molar-refractivity contribution in [3.05, 3.63) is 64.2 Å². The molecule has 0 aliphatic heterocycles. The van der Waals surface area contributed by atoms with E-state index >= 15 is 0 Å². The number of hydrogen-bond acceptors (Lipinski definition) is 2. The molecule has 2 aromatic carbocycles. The van der Waals surface area contributed by atoms with Crippen molar-refractivity contribution in [3.63, 3.8) is 0 Å². The molecule has 3 nitrogen and oxygen atoms in total. The van der Waals surface area contributed by atoms with Crippen LogP contribution in [0.1, 0.15) is 32.6 Å². The maximum Gasteiger partial charge on any atom is 0.336 e. The Bertz CT molecular complexity index is 925. The summed E-state index contributed by atoms with van der Waals surface area (Å²) in [6.07, 6.45) is 0. The van der Waals surface area contributed by atoms with Crippen LogP contribution < -0.4 is 0 Å².